The van der Waals surface area contributed by atoms with Crippen LogP contribution in [0.2, 0.25) is 0 Å². The molecule has 4 nitrogen and oxygen atoms in total. The minimum Gasteiger partial charge on any atom is -0.381 e. The lowest BCUT2D eigenvalue weighted by Crippen LogP contribution is -2.34. The van der Waals surface area contributed by atoms with Gasteiger partial charge in [0.1, 0.15) is 0 Å². The molecule has 1 fully saturated rings. The molecule has 1 aliphatic rings. The van der Waals surface area contributed by atoms with Crippen molar-refractivity contribution in [1.82, 2.24) is 9.88 Å². The van der Waals surface area contributed by atoms with Crippen LogP contribution >= 0.6 is 0 Å². The largest absolute Gasteiger partial charge is 0.381 e. The summed E-state index contributed by atoms with van der Waals surface area (Å²) in [6.07, 6.45) is 3.24. The molecule has 0 radical (unpaired) electrons. The molecule has 2 rings (SSSR count). The van der Waals surface area contributed by atoms with Crippen molar-refractivity contribution >= 4 is 5.91 Å². The number of carbonyl (C=O) groups is 1. The van der Waals surface area contributed by atoms with E-state index < -0.39 is 5.95 Å². The summed E-state index contributed by atoms with van der Waals surface area (Å²) in [5, 5.41) is 0. The molecule has 1 aliphatic heterocycles. The van der Waals surface area contributed by atoms with Crippen molar-refractivity contribution in [2.75, 3.05) is 26.8 Å². The Labute approximate surface area is 106 Å². The predicted octanol–water partition coefficient (Wildman–Crippen LogP) is 1.72. The molecule has 0 atom stereocenters. The van der Waals surface area contributed by atoms with Crippen LogP contribution in [0.4, 0.5) is 4.39 Å². The minimum absolute atomic E-state index is 0.0343. The van der Waals surface area contributed by atoms with E-state index in [1.54, 1.807) is 18.0 Å². The Balaban J connectivity index is 1.98. The third-order valence-corrected chi connectivity index (χ3v) is 3.21. The Kier molecular flexibility index (Phi) is 4.25. The van der Waals surface area contributed by atoms with Crippen LogP contribution < -0.4 is 0 Å². The van der Waals surface area contributed by atoms with Crippen LogP contribution in [-0.2, 0) is 4.74 Å². The van der Waals surface area contributed by atoms with E-state index in [-0.39, 0.29) is 11.5 Å². The highest BCUT2D eigenvalue weighted by Crippen LogP contribution is 2.17. The first-order valence-corrected chi connectivity index (χ1v) is 6.12. The van der Waals surface area contributed by atoms with Gasteiger partial charge in [0.2, 0.25) is 5.95 Å². The molecule has 1 aromatic heterocycles. The summed E-state index contributed by atoms with van der Waals surface area (Å²) in [7, 11) is 1.70. The maximum Gasteiger partial charge on any atom is 0.258 e. The molecule has 1 amide bonds. The van der Waals surface area contributed by atoms with E-state index in [4.69, 9.17) is 4.74 Å². The number of hydrogen-bond donors (Lipinski definition) is 0. The van der Waals surface area contributed by atoms with Crippen LogP contribution in [0.3, 0.4) is 0 Å². The second kappa shape index (κ2) is 5.91. The number of amides is 1. The Bertz CT molecular complexity index is 419. The van der Waals surface area contributed by atoms with E-state index in [2.05, 4.69) is 4.98 Å². The summed E-state index contributed by atoms with van der Waals surface area (Å²) in [4.78, 5) is 17.1. The fraction of sp³-hybridized carbons (Fsp3) is 0.538. The van der Waals surface area contributed by atoms with Crippen LogP contribution in [0.5, 0.6) is 0 Å². The quantitative estimate of drug-likeness (QED) is 0.769. The number of ether oxygens (including phenoxy) is 1. The SMILES string of the molecule is CN(CC1CCOCC1)C(=O)c1cccnc1F. The number of pyridine rings is 1. The normalized spacial score (nSPS) is 16.6. The van der Waals surface area contributed by atoms with Gasteiger partial charge in [-0.3, -0.25) is 4.79 Å². The Morgan fingerprint density at radius 3 is 2.94 bits per heavy atom. The van der Waals surface area contributed by atoms with E-state index in [9.17, 15) is 9.18 Å². The number of rotatable bonds is 3. The molecule has 0 spiro atoms. The number of aromatic nitrogens is 1. The van der Waals surface area contributed by atoms with E-state index in [0.717, 1.165) is 26.1 Å². The van der Waals surface area contributed by atoms with Gasteiger partial charge in [0.15, 0.2) is 0 Å². The highest BCUT2D eigenvalue weighted by atomic mass is 19.1. The monoisotopic (exact) mass is 252 g/mol. The molecule has 0 aliphatic carbocycles. The van der Waals surface area contributed by atoms with Gasteiger partial charge in [0.25, 0.3) is 5.91 Å². The summed E-state index contributed by atoms with van der Waals surface area (Å²) >= 11 is 0. The van der Waals surface area contributed by atoms with Crippen molar-refractivity contribution in [3.05, 3.63) is 29.8 Å². The fourth-order valence-electron chi connectivity index (χ4n) is 2.15. The van der Waals surface area contributed by atoms with E-state index in [0.29, 0.717) is 12.5 Å². The van der Waals surface area contributed by atoms with Gasteiger partial charge in [0, 0.05) is 33.0 Å². The standard InChI is InChI=1S/C13H17FN2O2/c1-16(9-10-4-7-18-8-5-10)13(17)11-3-2-6-15-12(11)14/h2-3,6,10H,4-5,7-9H2,1H3. The summed E-state index contributed by atoms with van der Waals surface area (Å²) in [6.45, 7) is 2.12. The average Bonchev–Trinajstić information content (AvgIpc) is 2.39. The third kappa shape index (κ3) is 3.04. The lowest BCUT2D eigenvalue weighted by Gasteiger charge is -2.27. The van der Waals surface area contributed by atoms with Gasteiger partial charge in [-0.2, -0.15) is 4.39 Å². The van der Waals surface area contributed by atoms with E-state index in [1.165, 1.54) is 12.3 Å². The summed E-state index contributed by atoms with van der Waals surface area (Å²) in [6, 6.07) is 3.03. The summed E-state index contributed by atoms with van der Waals surface area (Å²) in [5.74, 6) is -0.583. The molecular weight excluding hydrogens is 235 g/mol. The molecule has 0 saturated carbocycles. The first-order chi connectivity index (χ1) is 8.68. The van der Waals surface area contributed by atoms with E-state index in [1.807, 2.05) is 0 Å². The highest BCUT2D eigenvalue weighted by molar-refractivity contribution is 5.93. The molecule has 2 heterocycles. The molecule has 1 saturated heterocycles. The molecule has 5 heteroatoms. The number of nitrogens with zero attached hydrogens (tertiary/aromatic N) is 2. The number of carbonyl (C=O) groups excluding carboxylic acids is 1. The van der Waals surface area contributed by atoms with Gasteiger partial charge >= 0.3 is 0 Å². The van der Waals surface area contributed by atoms with Crippen LogP contribution in [0.15, 0.2) is 18.3 Å². The first-order valence-electron chi connectivity index (χ1n) is 6.12. The van der Waals surface area contributed by atoms with Gasteiger partial charge in [-0.1, -0.05) is 0 Å². The van der Waals surface area contributed by atoms with Gasteiger partial charge in [-0.25, -0.2) is 4.98 Å². The lowest BCUT2D eigenvalue weighted by molar-refractivity contribution is 0.0495. The maximum absolute atomic E-state index is 13.4. The van der Waals surface area contributed by atoms with Crippen LogP contribution in [0.25, 0.3) is 0 Å². The van der Waals surface area contributed by atoms with Crippen LogP contribution in [-0.4, -0.2) is 42.6 Å². The topological polar surface area (TPSA) is 42.4 Å². The average molecular weight is 252 g/mol. The van der Waals surface area contributed by atoms with Crippen LogP contribution in [0.1, 0.15) is 23.2 Å². The predicted molar refractivity (Wildman–Crippen MR) is 64.7 cm³/mol. The smallest absolute Gasteiger partial charge is 0.258 e. The third-order valence-electron chi connectivity index (χ3n) is 3.21. The zero-order valence-corrected chi connectivity index (χ0v) is 10.4. The molecular formula is C13H17FN2O2. The van der Waals surface area contributed by atoms with Crippen molar-refractivity contribution in [3.63, 3.8) is 0 Å². The molecule has 98 valence electrons. The second-order valence-electron chi connectivity index (χ2n) is 4.58. The molecule has 1 aromatic rings. The Hall–Kier alpha value is -1.49. The lowest BCUT2D eigenvalue weighted by atomic mass is 9.99. The van der Waals surface area contributed by atoms with Gasteiger partial charge < -0.3 is 9.64 Å². The van der Waals surface area contributed by atoms with Crippen molar-refractivity contribution < 1.29 is 13.9 Å². The van der Waals surface area contributed by atoms with Gasteiger partial charge in [-0.15, -0.1) is 0 Å². The first kappa shape index (κ1) is 13.0. The zero-order chi connectivity index (χ0) is 13.0. The van der Waals surface area contributed by atoms with Crippen molar-refractivity contribution in [2.45, 2.75) is 12.8 Å². The fourth-order valence-corrected chi connectivity index (χ4v) is 2.15. The molecule has 0 bridgehead atoms. The Morgan fingerprint density at radius 2 is 2.28 bits per heavy atom. The van der Waals surface area contributed by atoms with Gasteiger partial charge in [0.05, 0.1) is 5.56 Å². The molecule has 0 N–H and O–H groups in total. The number of halogens is 1. The summed E-state index contributed by atoms with van der Waals surface area (Å²) < 4.78 is 18.7. The van der Waals surface area contributed by atoms with Crippen molar-refractivity contribution in [2.24, 2.45) is 5.92 Å². The number of hydrogen-bond acceptors (Lipinski definition) is 3. The van der Waals surface area contributed by atoms with Crippen LogP contribution in [0, 0.1) is 11.9 Å². The zero-order valence-electron chi connectivity index (χ0n) is 10.4. The van der Waals surface area contributed by atoms with Crippen molar-refractivity contribution in [3.8, 4) is 0 Å². The maximum atomic E-state index is 13.4. The molecule has 0 unspecified atom stereocenters. The molecule has 0 aromatic carbocycles. The highest BCUT2D eigenvalue weighted by Gasteiger charge is 2.21. The minimum atomic E-state index is -0.707. The molecule has 18 heavy (non-hydrogen) atoms. The second-order valence-corrected chi connectivity index (χ2v) is 4.58. The van der Waals surface area contributed by atoms with E-state index >= 15 is 0 Å². The van der Waals surface area contributed by atoms with Gasteiger partial charge in [-0.05, 0) is 30.9 Å². The summed E-state index contributed by atoms with van der Waals surface area (Å²) in [5.41, 5.74) is 0.0343. The Morgan fingerprint density at radius 1 is 1.56 bits per heavy atom. The van der Waals surface area contributed by atoms with Crippen molar-refractivity contribution in [1.29, 1.82) is 0 Å².